The Labute approximate surface area is 180 Å². The Bertz CT molecular complexity index is 1180. The molecule has 2 heterocycles. The normalized spacial score (nSPS) is 10.8. The highest BCUT2D eigenvalue weighted by atomic mass is 16.5. The van der Waals surface area contributed by atoms with Crippen molar-refractivity contribution in [3.05, 3.63) is 94.5 Å². The third kappa shape index (κ3) is 4.66. The first-order valence-corrected chi connectivity index (χ1v) is 10.0. The number of amides is 1. The van der Waals surface area contributed by atoms with Gasteiger partial charge in [-0.1, -0.05) is 47.6 Å². The van der Waals surface area contributed by atoms with Crippen LogP contribution in [-0.2, 0) is 13.2 Å². The zero-order chi connectivity index (χ0) is 21.8. The van der Waals surface area contributed by atoms with Gasteiger partial charge in [-0.3, -0.25) is 9.48 Å². The lowest BCUT2D eigenvalue weighted by Crippen LogP contribution is -2.14. The largest absolute Gasteiger partial charge is 0.488 e. The van der Waals surface area contributed by atoms with Crippen molar-refractivity contribution in [3.63, 3.8) is 0 Å². The minimum Gasteiger partial charge on any atom is -0.488 e. The molecule has 0 radical (unpaired) electrons. The summed E-state index contributed by atoms with van der Waals surface area (Å²) in [6.45, 7) is 6.58. The second kappa shape index (κ2) is 8.87. The number of nitrogens with zero attached hydrogens (tertiary/aromatic N) is 3. The molecular weight excluding hydrogens is 392 g/mol. The van der Waals surface area contributed by atoms with Crippen LogP contribution in [0.15, 0.2) is 65.2 Å². The summed E-state index contributed by atoms with van der Waals surface area (Å²) >= 11 is 0. The van der Waals surface area contributed by atoms with E-state index in [1.54, 1.807) is 18.2 Å². The van der Waals surface area contributed by atoms with E-state index >= 15 is 0 Å². The molecule has 7 heteroatoms. The summed E-state index contributed by atoms with van der Waals surface area (Å²) in [4.78, 5) is 12.9. The number of benzene rings is 2. The van der Waals surface area contributed by atoms with Gasteiger partial charge in [0.2, 0.25) is 0 Å². The highest BCUT2D eigenvalue weighted by Crippen LogP contribution is 2.23. The van der Waals surface area contributed by atoms with Crippen molar-refractivity contribution in [2.75, 3.05) is 5.32 Å². The van der Waals surface area contributed by atoms with Gasteiger partial charge in [-0.25, -0.2) is 0 Å². The lowest BCUT2D eigenvalue weighted by molar-refractivity contribution is 0.102. The van der Waals surface area contributed by atoms with Crippen molar-refractivity contribution in [1.29, 1.82) is 0 Å². The fraction of sp³-hybridized carbons (Fsp3) is 0.208. The summed E-state index contributed by atoms with van der Waals surface area (Å²) in [7, 11) is 0. The Morgan fingerprint density at radius 2 is 1.81 bits per heavy atom. The van der Waals surface area contributed by atoms with Gasteiger partial charge >= 0.3 is 0 Å². The highest BCUT2D eigenvalue weighted by molar-refractivity contribution is 6.05. The van der Waals surface area contributed by atoms with Gasteiger partial charge in [0.05, 0.1) is 23.4 Å². The van der Waals surface area contributed by atoms with Gasteiger partial charge in [-0.05, 0) is 38.5 Å². The van der Waals surface area contributed by atoms with Gasteiger partial charge in [-0.2, -0.15) is 5.10 Å². The van der Waals surface area contributed by atoms with Gasteiger partial charge in [-0.15, -0.1) is 0 Å². The number of carbonyl (C=O) groups excluding carboxylic acids is 1. The minimum absolute atomic E-state index is 0.274. The maximum absolute atomic E-state index is 12.9. The van der Waals surface area contributed by atoms with Gasteiger partial charge < -0.3 is 14.6 Å². The molecule has 2 aromatic heterocycles. The molecular formula is C24H24N4O3. The van der Waals surface area contributed by atoms with E-state index in [2.05, 4.69) is 15.6 Å². The molecule has 0 aliphatic rings. The van der Waals surface area contributed by atoms with Crippen molar-refractivity contribution < 1.29 is 14.1 Å². The molecule has 0 aliphatic carbocycles. The van der Waals surface area contributed by atoms with E-state index in [4.69, 9.17) is 9.26 Å². The topological polar surface area (TPSA) is 82.2 Å². The van der Waals surface area contributed by atoms with Crippen molar-refractivity contribution >= 4 is 11.7 Å². The van der Waals surface area contributed by atoms with Crippen molar-refractivity contribution in [2.24, 2.45) is 0 Å². The van der Waals surface area contributed by atoms with Crippen molar-refractivity contribution in [2.45, 2.75) is 33.9 Å². The minimum atomic E-state index is -0.279. The summed E-state index contributed by atoms with van der Waals surface area (Å²) in [5.41, 5.74) is 4.20. The van der Waals surface area contributed by atoms with Crippen LogP contribution in [0.2, 0.25) is 0 Å². The first-order chi connectivity index (χ1) is 15.0. The van der Waals surface area contributed by atoms with Crippen LogP contribution >= 0.6 is 0 Å². The molecule has 7 nitrogen and oxygen atoms in total. The molecule has 4 rings (SSSR count). The summed E-state index contributed by atoms with van der Waals surface area (Å²) in [6.07, 6.45) is 0. The number of anilines is 1. The Kier molecular flexibility index (Phi) is 5.84. The number of carbonyl (C=O) groups is 1. The molecule has 1 amide bonds. The Morgan fingerprint density at radius 3 is 2.55 bits per heavy atom. The number of nitrogens with one attached hydrogen (secondary N) is 1. The van der Waals surface area contributed by atoms with Gasteiger partial charge in [0, 0.05) is 11.8 Å². The molecule has 1 N–H and O–H groups in total. The number of aromatic nitrogens is 3. The number of aryl methyl sites for hydroxylation is 3. The summed E-state index contributed by atoms with van der Waals surface area (Å²) in [6, 6.07) is 19.1. The number of ether oxygens (including phenoxy) is 1. The Hall–Kier alpha value is -3.87. The molecule has 0 saturated heterocycles. The first kappa shape index (κ1) is 20.4. The van der Waals surface area contributed by atoms with E-state index in [9.17, 15) is 4.79 Å². The van der Waals surface area contributed by atoms with Crippen LogP contribution in [0.4, 0.5) is 5.82 Å². The number of hydrogen-bond acceptors (Lipinski definition) is 5. The zero-order valence-electron chi connectivity index (χ0n) is 17.8. The lowest BCUT2D eigenvalue weighted by Gasteiger charge is -2.11. The van der Waals surface area contributed by atoms with Crippen LogP contribution in [0, 0.1) is 20.8 Å². The van der Waals surface area contributed by atoms with E-state index < -0.39 is 0 Å². The Balaban J connectivity index is 1.47. The van der Waals surface area contributed by atoms with E-state index in [-0.39, 0.29) is 12.5 Å². The van der Waals surface area contributed by atoms with Crippen LogP contribution in [0.5, 0.6) is 5.75 Å². The number of hydrogen-bond donors (Lipinski definition) is 1. The summed E-state index contributed by atoms with van der Waals surface area (Å²) < 4.78 is 13.0. The third-order valence-electron chi connectivity index (χ3n) is 5.08. The molecule has 0 spiro atoms. The quantitative estimate of drug-likeness (QED) is 0.473. The predicted molar refractivity (Wildman–Crippen MR) is 117 cm³/mol. The zero-order valence-corrected chi connectivity index (χ0v) is 17.8. The van der Waals surface area contributed by atoms with Crippen LogP contribution < -0.4 is 10.1 Å². The lowest BCUT2D eigenvalue weighted by atomic mass is 10.2. The molecule has 31 heavy (non-hydrogen) atoms. The molecule has 0 unspecified atom stereocenters. The number of rotatable bonds is 7. The van der Waals surface area contributed by atoms with E-state index in [1.807, 2.05) is 67.9 Å². The van der Waals surface area contributed by atoms with Gasteiger partial charge in [0.15, 0.2) is 5.82 Å². The summed E-state index contributed by atoms with van der Waals surface area (Å²) in [5, 5.41) is 11.4. The summed E-state index contributed by atoms with van der Waals surface area (Å²) in [5.74, 6) is 1.41. The first-order valence-electron chi connectivity index (χ1n) is 10.0. The highest BCUT2D eigenvalue weighted by Gasteiger charge is 2.16. The fourth-order valence-corrected chi connectivity index (χ4v) is 3.31. The predicted octanol–water partition coefficient (Wildman–Crippen LogP) is 4.68. The second-order valence-electron chi connectivity index (χ2n) is 7.36. The van der Waals surface area contributed by atoms with Crippen LogP contribution in [0.25, 0.3) is 0 Å². The molecule has 0 bridgehead atoms. The molecule has 0 saturated carbocycles. The third-order valence-corrected chi connectivity index (χ3v) is 5.08. The van der Waals surface area contributed by atoms with E-state index in [1.165, 1.54) is 0 Å². The molecule has 0 aliphatic heterocycles. The van der Waals surface area contributed by atoms with Crippen molar-refractivity contribution in [3.8, 4) is 5.75 Å². The monoisotopic (exact) mass is 416 g/mol. The average molecular weight is 416 g/mol. The van der Waals surface area contributed by atoms with Crippen LogP contribution in [-0.4, -0.2) is 20.8 Å². The van der Waals surface area contributed by atoms with E-state index in [0.717, 1.165) is 22.5 Å². The van der Waals surface area contributed by atoms with Crippen LogP contribution in [0.1, 0.15) is 38.6 Å². The van der Waals surface area contributed by atoms with Crippen LogP contribution in [0.3, 0.4) is 0 Å². The smallest absolute Gasteiger partial charge is 0.260 e. The maximum atomic E-state index is 12.9. The Morgan fingerprint density at radius 1 is 1.06 bits per heavy atom. The fourth-order valence-electron chi connectivity index (χ4n) is 3.31. The van der Waals surface area contributed by atoms with Gasteiger partial charge in [0.25, 0.3) is 5.91 Å². The molecule has 2 aromatic carbocycles. The SMILES string of the molecule is Cc1noc(C)c1COc1ccccc1C(=O)Nc1cc(C)n(Cc2ccccc2)n1. The molecule has 158 valence electrons. The average Bonchev–Trinajstić information content (AvgIpc) is 3.28. The van der Waals surface area contributed by atoms with Crippen molar-refractivity contribution in [1.82, 2.24) is 14.9 Å². The molecule has 4 aromatic rings. The number of para-hydroxylation sites is 1. The molecule has 0 atom stereocenters. The molecule has 0 fully saturated rings. The standard InChI is InChI=1S/C24H24N4O3/c1-16-13-23(26-28(16)14-19-9-5-4-6-10-19)25-24(29)20-11-7-8-12-22(20)30-15-21-17(2)27-31-18(21)3/h4-13H,14-15H2,1-3H3,(H,25,26,29). The van der Waals surface area contributed by atoms with E-state index in [0.29, 0.717) is 29.4 Å². The maximum Gasteiger partial charge on any atom is 0.260 e. The second-order valence-corrected chi connectivity index (χ2v) is 7.36. The van der Waals surface area contributed by atoms with Gasteiger partial charge in [0.1, 0.15) is 18.1 Å².